The number of hydrogen-bond acceptors (Lipinski definition) is 5. The lowest BCUT2D eigenvalue weighted by atomic mass is 10.2. The van der Waals surface area contributed by atoms with Crippen LogP contribution in [0.5, 0.6) is 5.75 Å². The van der Waals surface area contributed by atoms with E-state index >= 15 is 0 Å². The van der Waals surface area contributed by atoms with Crippen LogP contribution in [0.1, 0.15) is 21.7 Å². The molecule has 2 rings (SSSR count). The molecule has 6 nitrogen and oxygen atoms in total. The van der Waals surface area contributed by atoms with E-state index < -0.39 is 5.91 Å². The number of nitrogen functional groups attached to an aromatic ring is 1. The molecule has 0 saturated heterocycles. The second-order valence-corrected chi connectivity index (χ2v) is 4.20. The molecule has 0 aliphatic carbocycles. The van der Waals surface area contributed by atoms with Crippen molar-refractivity contribution in [1.29, 1.82) is 5.26 Å². The first-order chi connectivity index (χ1) is 9.65. The molecule has 1 aromatic heterocycles. The Labute approximate surface area is 119 Å². The highest BCUT2D eigenvalue weighted by molar-refractivity contribution is 6.32. The summed E-state index contributed by atoms with van der Waals surface area (Å²) in [5.74, 6) is 4.99. The van der Waals surface area contributed by atoms with Gasteiger partial charge in [0.25, 0.3) is 0 Å². The zero-order chi connectivity index (χ0) is 14.5. The van der Waals surface area contributed by atoms with E-state index in [-0.39, 0.29) is 12.4 Å². The van der Waals surface area contributed by atoms with Gasteiger partial charge in [0.05, 0.1) is 22.9 Å². The molecule has 1 heterocycles. The number of furan rings is 1. The Kier molecular flexibility index (Phi) is 4.25. The molecule has 102 valence electrons. The minimum absolute atomic E-state index is 0.0808. The molecule has 0 spiro atoms. The second-order valence-electron chi connectivity index (χ2n) is 3.79. The molecule has 3 N–H and O–H groups in total. The van der Waals surface area contributed by atoms with E-state index in [9.17, 15) is 4.79 Å². The standard InChI is InChI=1S/C13H10ClN3O3/c14-10-5-8(6-15)1-2-11(10)20-7-9-3-4-19-12(9)13(18)17-16/h1-5H,7,16H2,(H,17,18). The molecule has 20 heavy (non-hydrogen) atoms. The van der Waals surface area contributed by atoms with Crippen LogP contribution in [-0.2, 0) is 6.61 Å². The number of hydrazine groups is 1. The first kappa shape index (κ1) is 13.9. The summed E-state index contributed by atoms with van der Waals surface area (Å²) in [5, 5.41) is 9.06. The largest absolute Gasteiger partial charge is 0.487 e. The molecule has 0 radical (unpaired) electrons. The van der Waals surface area contributed by atoms with Crippen molar-refractivity contribution >= 4 is 17.5 Å². The van der Waals surface area contributed by atoms with Crippen molar-refractivity contribution in [3.8, 4) is 11.8 Å². The summed E-state index contributed by atoms with van der Waals surface area (Å²) in [5.41, 5.74) is 2.96. The zero-order valence-electron chi connectivity index (χ0n) is 10.2. The Bertz CT molecular complexity index is 676. The van der Waals surface area contributed by atoms with Crippen LogP contribution in [-0.4, -0.2) is 5.91 Å². The van der Waals surface area contributed by atoms with Gasteiger partial charge in [-0.15, -0.1) is 0 Å². The second kappa shape index (κ2) is 6.10. The summed E-state index contributed by atoms with van der Waals surface area (Å²) in [4.78, 5) is 11.4. The van der Waals surface area contributed by atoms with Gasteiger partial charge in [0, 0.05) is 5.56 Å². The van der Waals surface area contributed by atoms with Crippen LogP contribution >= 0.6 is 11.6 Å². The number of halogens is 1. The number of nitrogens with zero attached hydrogens (tertiary/aromatic N) is 1. The topological polar surface area (TPSA) is 101 Å². The minimum Gasteiger partial charge on any atom is -0.487 e. The number of nitrogens with one attached hydrogen (secondary N) is 1. The maximum absolute atomic E-state index is 11.4. The Morgan fingerprint density at radius 3 is 2.95 bits per heavy atom. The van der Waals surface area contributed by atoms with Crippen molar-refractivity contribution in [3.63, 3.8) is 0 Å². The number of benzene rings is 1. The van der Waals surface area contributed by atoms with Crippen LogP contribution in [0.25, 0.3) is 0 Å². The molecule has 0 saturated carbocycles. The monoisotopic (exact) mass is 291 g/mol. The van der Waals surface area contributed by atoms with Gasteiger partial charge in [-0.1, -0.05) is 11.6 Å². The number of carbonyl (C=O) groups excluding carboxylic acids is 1. The minimum atomic E-state index is -0.542. The SMILES string of the molecule is N#Cc1ccc(OCc2ccoc2C(=O)NN)c(Cl)c1. The van der Waals surface area contributed by atoms with E-state index in [4.69, 9.17) is 31.9 Å². The first-order valence-corrected chi connectivity index (χ1v) is 5.93. The third-order valence-corrected chi connectivity index (χ3v) is 2.82. The average molecular weight is 292 g/mol. The summed E-state index contributed by atoms with van der Waals surface area (Å²) in [6.07, 6.45) is 1.36. The van der Waals surface area contributed by atoms with E-state index in [0.29, 0.717) is 21.9 Å². The van der Waals surface area contributed by atoms with Gasteiger partial charge >= 0.3 is 5.91 Å². The van der Waals surface area contributed by atoms with E-state index in [1.165, 1.54) is 12.3 Å². The predicted octanol–water partition coefficient (Wildman–Crippen LogP) is 1.99. The quantitative estimate of drug-likeness (QED) is 0.509. The molecule has 0 bridgehead atoms. The Hall–Kier alpha value is -2.49. The van der Waals surface area contributed by atoms with Crippen LogP contribution < -0.4 is 16.0 Å². The van der Waals surface area contributed by atoms with Gasteiger partial charge in [-0.05, 0) is 24.3 Å². The van der Waals surface area contributed by atoms with Gasteiger partial charge in [-0.3, -0.25) is 10.2 Å². The van der Waals surface area contributed by atoms with Crippen LogP contribution in [0.3, 0.4) is 0 Å². The third-order valence-electron chi connectivity index (χ3n) is 2.53. The van der Waals surface area contributed by atoms with E-state index in [2.05, 4.69) is 0 Å². The summed E-state index contributed by atoms with van der Waals surface area (Å²) in [6, 6.07) is 8.25. The molecular weight excluding hydrogens is 282 g/mol. The van der Waals surface area contributed by atoms with Crippen molar-refractivity contribution in [3.05, 3.63) is 52.4 Å². The van der Waals surface area contributed by atoms with E-state index in [1.807, 2.05) is 11.5 Å². The summed E-state index contributed by atoms with van der Waals surface area (Å²) < 4.78 is 10.5. The summed E-state index contributed by atoms with van der Waals surface area (Å²) in [6.45, 7) is 0.0882. The molecule has 0 unspecified atom stereocenters. The molecule has 0 aliphatic heterocycles. The Morgan fingerprint density at radius 1 is 1.50 bits per heavy atom. The van der Waals surface area contributed by atoms with Crippen molar-refractivity contribution in [2.24, 2.45) is 5.84 Å². The van der Waals surface area contributed by atoms with Gasteiger partial charge in [0.15, 0.2) is 5.76 Å². The van der Waals surface area contributed by atoms with Gasteiger partial charge in [-0.2, -0.15) is 5.26 Å². The van der Waals surface area contributed by atoms with E-state index in [1.54, 1.807) is 18.2 Å². The van der Waals surface area contributed by atoms with Crippen LogP contribution in [0.2, 0.25) is 5.02 Å². The van der Waals surface area contributed by atoms with Crippen molar-refractivity contribution in [1.82, 2.24) is 5.43 Å². The van der Waals surface area contributed by atoms with Crippen molar-refractivity contribution < 1.29 is 13.9 Å². The molecule has 0 atom stereocenters. The van der Waals surface area contributed by atoms with Crippen molar-refractivity contribution in [2.45, 2.75) is 6.61 Å². The average Bonchev–Trinajstić information content (AvgIpc) is 2.93. The van der Waals surface area contributed by atoms with E-state index in [0.717, 1.165) is 0 Å². The third kappa shape index (κ3) is 2.91. The van der Waals surface area contributed by atoms with Gasteiger partial charge in [0.1, 0.15) is 12.4 Å². The number of nitriles is 1. The first-order valence-electron chi connectivity index (χ1n) is 5.55. The van der Waals surface area contributed by atoms with Crippen LogP contribution in [0.15, 0.2) is 34.9 Å². The highest BCUT2D eigenvalue weighted by atomic mass is 35.5. The summed E-state index contributed by atoms with van der Waals surface area (Å²) in [7, 11) is 0. The molecule has 1 aromatic carbocycles. The van der Waals surface area contributed by atoms with Gasteiger partial charge in [0.2, 0.25) is 0 Å². The van der Waals surface area contributed by atoms with Crippen molar-refractivity contribution in [2.75, 3.05) is 0 Å². The Balaban J connectivity index is 2.12. The molecule has 0 fully saturated rings. The fraction of sp³-hybridized carbons (Fsp3) is 0.0769. The van der Waals surface area contributed by atoms with Gasteiger partial charge in [-0.25, -0.2) is 5.84 Å². The lowest BCUT2D eigenvalue weighted by molar-refractivity contribution is 0.0922. The summed E-state index contributed by atoms with van der Waals surface area (Å²) >= 11 is 5.98. The predicted molar refractivity (Wildman–Crippen MR) is 70.9 cm³/mol. The number of hydrogen-bond donors (Lipinski definition) is 2. The maximum Gasteiger partial charge on any atom is 0.301 e. The fourth-order valence-corrected chi connectivity index (χ4v) is 1.79. The maximum atomic E-state index is 11.4. The highest BCUT2D eigenvalue weighted by Gasteiger charge is 2.15. The highest BCUT2D eigenvalue weighted by Crippen LogP contribution is 2.26. The molecule has 1 amide bonds. The number of ether oxygens (including phenoxy) is 1. The van der Waals surface area contributed by atoms with Gasteiger partial charge < -0.3 is 9.15 Å². The molecule has 7 heteroatoms. The molecule has 0 aliphatic rings. The Morgan fingerprint density at radius 2 is 2.30 bits per heavy atom. The smallest absolute Gasteiger partial charge is 0.301 e. The number of rotatable bonds is 4. The zero-order valence-corrected chi connectivity index (χ0v) is 11.0. The number of carbonyl (C=O) groups is 1. The molecular formula is C13H10ClN3O3. The van der Waals surface area contributed by atoms with Crippen LogP contribution in [0, 0.1) is 11.3 Å². The normalized spacial score (nSPS) is 9.85. The molecule has 2 aromatic rings. The lowest BCUT2D eigenvalue weighted by Gasteiger charge is -2.07. The lowest BCUT2D eigenvalue weighted by Crippen LogP contribution is -2.30. The van der Waals surface area contributed by atoms with Crippen LogP contribution in [0.4, 0.5) is 0 Å². The number of nitrogens with two attached hydrogens (primary N) is 1. The fourth-order valence-electron chi connectivity index (χ4n) is 1.56. The number of amides is 1.